The summed E-state index contributed by atoms with van der Waals surface area (Å²) >= 11 is 3.52. The molecular weight excluding hydrogens is 374 g/mol. The fourth-order valence-electron chi connectivity index (χ4n) is 2.45. The van der Waals surface area contributed by atoms with E-state index >= 15 is 0 Å². The second kappa shape index (κ2) is 7.13. The second-order valence-corrected chi connectivity index (χ2v) is 6.38. The number of carbonyl (C=O) groups is 1. The van der Waals surface area contributed by atoms with E-state index in [0.717, 1.165) is 15.8 Å². The molecule has 1 aliphatic heterocycles. The van der Waals surface area contributed by atoms with E-state index in [1.165, 1.54) is 6.08 Å². The predicted molar refractivity (Wildman–Crippen MR) is 94.2 cm³/mol. The molecule has 2 heterocycles. The number of ether oxygens (including phenoxy) is 2. The molecule has 24 heavy (non-hydrogen) atoms. The van der Waals surface area contributed by atoms with Gasteiger partial charge in [0.05, 0.1) is 6.04 Å². The maximum atomic E-state index is 12.1. The minimum Gasteiger partial charge on any atom is -0.486 e. The normalized spacial score (nSPS) is 14.6. The number of rotatable bonds is 4. The van der Waals surface area contributed by atoms with Crippen LogP contribution in [0.2, 0.25) is 0 Å². The van der Waals surface area contributed by atoms with Crippen LogP contribution < -0.4 is 14.8 Å². The average molecular weight is 392 g/mol. The van der Waals surface area contributed by atoms with Crippen LogP contribution in [0.25, 0.3) is 6.08 Å². The summed E-state index contributed by atoms with van der Waals surface area (Å²) in [6.45, 7) is 4.85. The lowest BCUT2D eigenvalue weighted by Gasteiger charge is -2.22. The van der Waals surface area contributed by atoms with Gasteiger partial charge in [0.1, 0.15) is 24.7 Å². The van der Waals surface area contributed by atoms with Crippen molar-refractivity contribution in [3.8, 4) is 11.5 Å². The molecule has 1 aromatic carbocycles. The van der Waals surface area contributed by atoms with E-state index < -0.39 is 0 Å². The smallest absolute Gasteiger partial charge is 0.244 e. The molecule has 1 N–H and O–H groups in total. The highest BCUT2D eigenvalue weighted by Gasteiger charge is 2.18. The van der Waals surface area contributed by atoms with Gasteiger partial charge in [0, 0.05) is 10.5 Å². The highest BCUT2D eigenvalue weighted by Crippen LogP contribution is 2.37. The van der Waals surface area contributed by atoms with Gasteiger partial charge in [-0.05, 0) is 49.8 Å². The van der Waals surface area contributed by atoms with Gasteiger partial charge in [-0.15, -0.1) is 0 Å². The number of amides is 1. The molecule has 2 aromatic rings. The summed E-state index contributed by atoms with van der Waals surface area (Å²) in [5, 5.41) is 2.93. The topological polar surface area (TPSA) is 60.7 Å². The first kappa shape index (κ1) is 16.6. The van der Waals surface area contributed by atoms with Crippen LogP contribution in [0.3, 0.4) is 0 Å². The van der Waals surface area contributed by atoms with E-state index in [9.17, 15) is 4.79 Å². The molecule has 0 bridgehead atoms. The fraction of sp³-hybridized carbons (Fsp3) is 0.278. The van der Waals surface area contributed by atoms with Gasteiger partial charge < -0.3 is 19.2 Å². The molecule has 0 fully saturated rings. The fourth-order valence-corrected chi connectivity index (χ4v) is 3.12. The molecule has 5 nitrogen and oxygen atoms in total. The molecule has 3 rings (SSSR count). The van der Waals surface area contributed by atoms with Crippen molar-refractivity contribution in [2.24, 2.45) is 0 Å². The van der Waals surface area contributed by atoms with Crippen LogP contribution in [0.15, 0.2) is 39.2 Å². The summed E-state index contributed by atoms with van der Waals surface area (Å²) in [6, 6.07) is 7.24. The minimum atomic E-state index is -0.196. The number of halogens is 1. The summed E-state index contributed by atoms with van der Waals surface area (Å²) in [4.78, 5) is 12.1. The van der Waals surface area contributed by atoms with Crippen molar-refractivity contribution < 1.29 is 18.7 Å². The Labute approximate surface area is 148 Å². The molecule has 1 amide bonds. The molecular formula is C18H18BrNO4. The van der Waals surface area contributed by atoms with Crippen molar-refractivity contribution in [3.05, 3.63) is 51.9 Å². The van der Waals surface area contributed by atoms with Crippen LogP contribution in [0.4, 0.5) is 0 Å². The molecule has 0 radical (unpaired) electrons. The van der Waals surface area contributed by atoms with Gasteiger partial charge in [-0.25, -0.2) is 0 Å². The third kappa shape index (κ3) is 3.82. The predicted octanol–water partition coefficient (Wildman–Crippen LogP) is 4.01. The molecule has 0 saturated heterocycles. The van der Waals surface area contributed by atoms with Crippen molar-refractivity contribution in [1.82, 2.24) is 5.32 Å². The number of benzene rings is 1. The van der Waals surface area contributed by atoms with Crippen LogP contribution in [0.1, 0.15) is 30.0 Å². The molecule has 126 valence electrons. The Hall–Kier alpha value is -2.21. The summed E-state index contributed by atoms with van der Waals surface area (Å²) in [5.74, 6) is 2.67. The van der Waals surface area contributed by atoms with E-state index in [1.54, 1.807) is 6.08 Å². The number of hydrogen-bond acceptors (Lipinski definition) is 4. The van der Waals surface area contributed by atoms with Gasteiger partial charge in [-0.3, -0.25) is 4.79 Å². The summed E-state index contributed by atoms with van der Waals surface area (Å²) in [7, 11) is 0. The van der Waals surface area contributed by atoms with Gasteiger partial charge in [0.25, 0.3) is 0 Å². The molecule has 0 spiro atoms. The van der Waals surface area contributed by atoms with Crippen molar-refractivity contribution in [3.63, 3.8) is 0 Å². The SMILES string of the molecule is Cc1ccc(/C=C/C(=O)NC(C)c2cc3c(cc2Br)OCCO3)o1. The Bertz CT molecular complexity index is 781. The number of carbonyl (C=O) groups excluding carboxylic acids is 1. The van der Waals surface area contributed by atoms with Crippen LogP contribution >= 0.6 is 15.9 Å². The molecule has 0 aliphatic carbocycles. The van der Waals surface area contributed by atoms with Gasteiger partial charge >= 0.3 is 0 Å². The third-order valence-electron chi connectivity index (χ3n) is 3.65. The van der Waals surface area contributed by atoms with Crippen molar-refractivity contribution in [1.29, 1.82) is 0 Å². The highest BCUT2D eigenvalue weighted by atomic mass is 79.9. The lowest BCUT2D eigenvalue weighted by Crippen LogP contribution is -2.25. The maximum absolute atomic E-state index is 12.1. The zero-order valence-corrected chi connectivity index (χ0v) is 15.1. The first-order chi connectivity index (χ1) is 11.5. The van der Waals surface area contributed by atoms with Crippen LogP contribution in [-0.4, -0.2) is 19.1 Å². The van der Waals surface area contributed by atoms with Crippen molar-refractivity contribution >= 4 is 27.9 Å². The summed E-state index contributed by atoms with van der Waals surface area (Å²) in [5.41, 5.74) is 0.926. The number of aryl methyl sites for hydroxylation is 1. The highest BCUT2D eigenvalue weighted by molar-refractivity contribution is 9.10. The van der Waals surface area contributed by atoms with E-state index in [4.69, 9.17) is 13.9 Å². The molecule has 1 aliphatic rings. The van der Waals surface area contributed by atoms with E-state index in [1.807, 2.05) is 38.1 Å². The first-order valence-corrected chi connectivity index (χ1v) is 8.46. The standard InChI is InChI=1S/C18H18BrNO4/c1-11-3-4-13(24-11)5-6-18(21)20-12(2)14-9-16-17(10-15(14)19)23-8-7-22-16/h3-6,9-10,12H,7-8H2,1-2H3,(H,20,21)/b6-5+. The quantitative estimate of drug-likeness (QED) is 0.799. The van der Waals surface area contributed by atoms with Gasteiger partial charge in [-0.2, -0.15) is 0 Å². The molecule has 1 aromatic heterocycles. The van der Waals surface area contributed by atoms with E-state index in [0.29, 0.717) is 30.5 Å². The lowest BCUT2D eigenvalue weighted by molar-refractivity contribution is -0.117. The zero-order chi connectivity index (χ0) is 17.1. The number of nitrogens with one attached hydrogen (secondary N) is 1. The summed E-state index contributed by atoms with van der Waals surface area (Å²) in [6.07, 6.45) is 3.11. The van der Waals surface area contributed by atoms with Crippen molar-refractivity contribution in [2.45, 2.75) is 19.9 Å². The Morgan fingerprint density at radius 3 is 2.62 bits per heavy atom. The van der Waals surface area contributed by atoms with Crippen LogP contribution in [0, 0.1) is 6.92 Å². The molecule has 6 heteroatoms. The lowest BCUT2D eigenvalue weighted by atomic mass is 10.1. The molecule has 1 unspecified atom stereocenters. The maximum Gasteiger partial charge on any atom is 0.244 e. The minimum absolute atomic E-state index is 0.189. The Kier molecular flexibility index (Phi) is 4.94. The Balaban J connectivity index is 1.69. The average Bonchev–Trinajstić information content (AvgIpc) is 2.97. The summed E-state index contributed by atoms with van der Waals surface area (Å²) < 4.78 is 17.4. The third-order valence-corrected chi connectivity index (χ3v) is 4.33. The molecule has 0 saturated carbocycles. The Morgan fingerprint density at radius 2 is 1.96 bits per heavy atom. The zero-order valence-electron chi connectivity index (χ0n) is 13.5. The second-order valence-electron chi connectivity index (χ2n) is 5.53. The van der Waals surface area contributed by atoms with Gasteiger partial charge in [0.2, 0.25) is 5.91 Å². The van der Waals surface area contributed by atoms with E-state index in [2.05, 4.69) is 21.2 Å². The van der Waals surface area contributed by atoms with Crippen LogP contribution in [-0.2, 0) is 4.79 Å². The number of fused-ring (bicyclic) bond motifs is 1. The number of hydrogen-bond donors (Lipinski definition) is 1. The van der Waals surface area contributed by atoms with Crippen LogP contribution in [0.5, 0.6) is 11.5 Å². The van der Waals surface area contributed by atoms with Gasteiger partial charge in [0.15, 0.2) is 11.5 Å². The molecule has 1 atom stereocenters. The van der Waals surface area contributed by atoms with E-state index in [-0.39, 0.29) is 11.9 Å². The van der Waals surface area contributed by atoms with Gasteiger partial charge in [-0.1, -0.05) is 15.9 Å². The number of furan rings is 1. The van der Waals surface area contributed by atoms with Crippen molar-refractivity contribution in [2.75, 3.05) is 13.2 Å². The Morgan fingerprint density at radius 1 is 1.25 bits per heavy atom. The largest absolute Gasteiger partial charge is 0.486 e. The first-order valence-electron chi connectivity index (χ1n) is 7.67. The monoisotopic (exact) mass is 391 g/mol.